The molecule has 0 radical (unpaired) electrons. The Balaban J connectivity index is 1.55. The number of benzene rings is 3. The van der Waals surface area contributed by atoms with Gasteiger partial charge in [-0.25, -0.2) is 4.39 Å². The first-order valence-electron chi connectivity index (χ1n) is 14.5. The van der Waals surface area contributed by atoms with E-state index in [0.717, 1.165) is 36.2 Å². The Bertz CT molecular complexity index is 1710. The van der Waals surface area contributed by atoms with E-state index in [-0.39, 0.29) is 16.3 Å². The van der Waals surface area contributed by atoms with Gasteiger partial charge in [-0.05, 0) is 66.9 Å². The number of nitrogens with zero attached hydrogens (tertiary/aromatic N) is 3. The lowest BCUT2D eigenvalue weighted by molar-refractivity contribution is -0.132. The fraction of sp³-hybridized carbons (Fsp3) is 0.273. The zero-order valence-electron chi connectivity index (χ0n) is 24.7. The number of ketones is 1. The smallest absolute Gasteiger partial charge is 0.301 e. The van der Waals surface area contributed by atoms with E-state index in [0.29, 0.717) is 45.4 Å². The van der Waals surface area contributed by atoms with Crippen molar-refractivity contribution in [3.63, 3.8) is 0 Å². The summed E-state index contributed by atoms with van der Waals surface area (Å²) >= 11 is 8.85. The number of aliphatic hydroxyl groups is 1. The van der Waals surface area contributed by atoms with Crippen LogP contribution in [0.25, 0.3) is 5.76 Å². The molecule has 45 heavy (non-hydrogen) atoms. The van der Waals surface area contributed by atoms with Crippen molar-refractivity contribution < 1.29 is 28.6 Å². The third kappa shape index (κ3) is 7.32. The van der Waals surface area contributed by atoms with Gasteiger partial charge >= 0.3 is 5.91 Å². The number of thioether (sulfide) groups is 1. The molecule has 3 aromatic carbocycles. The van der Waals surface area contributed by atoms with Gasteiger partial charge in [0.05, 0.1) is 24.8 Å². The second-order valence-electron chi connectivity index (χ2n) is 10.1. The van der Waals surface area contributed by atoms with Crippen LogP contribution in [-0.4, -0.2) is 40.2 Å². The summed E-state index contributed by atoms with van der Waals surface area (Å²) in [5.74, 6) is -1.22. The van der Waals surface area contributed by atoms with E-state index in [4.69, 9.17) is 21.1 Å². The SMILES string of the molecule is CCCCCOc1ccc(C2/C(=C(\O)c3ccc(F)cc3)C(=O)C(=O)N2c2nnc(SCc3ccccc3Cl)s2)cc1OCC. The van der Waals surface area contributed by atoms with Crippen molar-refractivity contribution in [1.29, 1.82) is 0 Å². The standard InChI is InChI=1S/C33H31ClFN3O5S2/c1-3-5-8-17-43-25-16-13-21(18-26(25)42-4-2)28-27(29(39)20-11-14-23(35)15-12-20)30(40)31(41)38(28)32-36-37-33(45-32)44-19-22-9-6-7-10-24(22)34/h6-7,9-16,18,28,39H,3-5,8,17,19H2,1-2H3/b29-27+. The van der Waals surface area contributed by atoms with Gasteiger partial charge in [-0.15, -0.1) is 10.2 Å². The molecule has 1 aliphatic heterocycles. The van der Waals surface area contributed by atoms with Crippen molar-refractivity contribution in [3.05, 3.63) is 99.8 Å². The Kier molecular flexibility index (Phi) is 10.7. The Morgan fingerprint density at radius 2 is 1.80 bits per heavy atom. The second kappa shape index (κ2) is 14.9. The van der Waals surface area contributed by atoms with Gasteiger partial charge in [0.2, 0.25) is 5.13 Å². The number of halogens is 2. The number of unbranched alkanes of at least 4 members (excludes halogenated alkanes) is 2. The molecule has 0 bridgehead atoms. The normalized spacial score (nSPS) is 15.9. The number of anilines is 1. The molecule has 1 aromatic heterocycles. The van der Waals surface area contributed by atoms with E-state index >= 15 is 0 Å². The molecule has 4 aromatic rings. The molecule has 1 fully saturated rings. The Labute approximate surface area is 273 Å². The van der Waals surface area contributed by atoms with Gasteiger partial charge in [0, 0.05) is 16.3 Å². The van der Waals surface area contributed by atoms with Gasteiger partial charge in [-0.2, -0.15) is 0 Å². The van der Waals surface area contributed by atoms with Crippen LogP contribution in [0.3, 0.4) is 0 Å². The lowest BCUT2D eigenvalue weighted by Gasteiger charge is -2.23. The number of carbonyl (C=O) groups is 2. The lowest BCUT2D eigenvalue weighted by atomic mass is 9.95. The maximum absolute atomic E-state index is 13.7. The third-order valence-electron chi connectivity index (χ3n) is 7.06. The number of aromatic nitrogens is 2. The molecule has 1 atom stereocenters. The largest absolute Gasteiger partial charge is 0.507 e. The van der Waals surface area contributed by atoms with Crippen molar-refractivity contribution in [2.75, 3.05) is 18.1 Å². The van der Waals surface area contributed by atoms with Crippen LogP contribution >= 0.6 is 34.7 Å². The van der Waals surface area contributed by atoms with E-state index in [1.165, 1.54) is 40.9 Å². The summed E-state index contributed by atoms with van der Waals surface area (Å²) in [6, 6.07) is 16.6. The number of rotatable bonds is 13. The zero-order chi connectivity index (χ0) is 31.9. The van der Waals surface area contributed by atoms with E-state index < -0.39 is 29.3 Å². The van der Waals surface area contributed by atoms with Crippen LogP contribution in [0.2, 0.25) is 5.02 Å². The number of Topliss-reactive ketones (excluding diaryl/α,β-unsaturated/α-hetero) is 1. The number of hydrogen-bond acceptors (Lipinski definition) is 9. The maximum Gasteiger partial charge on any atom is 0.301 e. The van der Waals surface area contributed by atoms with Crippen molar-refractivity contribution in [2.45, 2.75) is 49.2 Å². The number of amides is 1. The molecular formula is C33H31ClFN3O5S2. The van der Waals surface area contributed by atoms with Gasteiger partial charge in [0.15, 0.2) is 15.8 Å². The van der Waals surface area contributed by atoms with Gasteiger partial charge < -0.3 is 14.6 Å². The Hall–Kier alpha value is -3.93. The molecule has 234 valence electrons. The monoisotopic (exact) mass is 667 g/mol. The first kappa shape index (κ1) is 32.5. The number of ether oxygens (including phenoxy) is 2. The van der Waals surface area contributed by atoms with Crippen LogP contribution in [0.1, 0.15) is 55.8 Å². The minimum atomic E-state index is -1.07. The molecule has 0 aliphatic carbocycles. The maximum atomic E-state index is 13.7. The van der Waals surface area contributed by atoms with Crippen LogP contribution in [0.15, 0.2) is 76.6 Å². The number of hydrogen-bond donors (Lipinski definition) is 1. The first-order chi connectivity index (χ1) is 21.8. The van der Waals surface area contributed by atoms with E-state index in [1.54, 1.807) is 18.2 Å². The van der Waals surface area contributed by atoms with Crippen molar-refractivity contribution in [2.24, 2.45) is 0 Å². The molecule has 5 rings (SSSR count). The van der Waals surface area contributed by atoms with E-state index in [1.807, 2.05) is 31.2 Å². The van der Waals surface area contributed by atoms with E-state index in [2.05, 4.69) is 17.1 Å². The predicted molar refractivity (Wildman–Crippen MR) is 175 cm³/mol. The number of carbonyl (C=O) groups excluding carboxylic acids is 2. The molecule has 1 amide bonds. The van der Waals surface area contributed by atoms with Crippen molar-refractivity contribution in [3.8, 4) is 11.5 Å². The third-order valence-corrected chi connectivity index (χ3v) is 9.54. The minimum absolute atomic E-state index is 0.161. The molecular weight excluding hydrogens is 637 g/mol. The summed E-state index contributed by atoms with van der Waals surface area (Å²) in [5.41, 5.74) is 1.43. The highest BCUT2D eigenvalue weighted by atomic mass is 35.5. The molecule has 2 heterocycles. The minimum Gasteiger partial charge on any atom is -0.507 e. The van der Waals surface area contributed by atoms with Crippen LogP contribution in [-0.2, 0) is 15.3 Å². The predicted octanol–water partition coefficient (Wildman–Crippen LogP) is 8.22. The summed E-state index contributed by atoms with van der Waals surface area (Å²) in [4.78, 5) is 28.5. The Morgan fingerprint density at radius 1 is 1.02 bits per heavy atom. The first-order valence-corrected chi connectivity index (χ1v) is 16.7. The van der Waals surface area contributed by atoms with Crippen molar-refractivity contribution in [1.82, 2.24) is 10.2 Å². The molecule has 1 aliphatic rings. The quantitative estimate of drug-likeness (QED) is 0.0380. The summed E-state index contributed by atoms with van der Waals surface area (Å²) in [6.07, 6.45) is 2.97. The van der Waals surface area contributed by atoms with Gasteiger partial charge in [0.25, 0.3) is 5.78 Å². The molecule has 12 heteroatoms. The molecule has 0 saturated carbocycles. The average Bonchev–Trinajstić information content (AvgIpc) is 3.61. The second-order valence-corrected chi connectivity index (χ2v) is 12.7. The molecule has 1 unspecified atom stereocenters. The van der Waals surface area contributed by atoms with Gasteiger partial charge in [-0.1, -0.05) is 78.7 Å². The summed E-state index contributed by atoms with van der Waals surface area (Å²) in [5, 5.41) is 20.7. The highest BCUT2D eigenvalue weighted by Crippen LogP contribution is 2.46. The zero-order valence-corrected chi connectivity index (χ0v) is 27.1. The van der Waals surface area contributed by atoms with Gasteiger partial charge in [0.1, 0.15) is 11.6 Å². The highest BCUT2D eigenvalue weighted by molar-refractivity contribution is 8.00. The van der Waals surface area contributed by atoms with E-state index in [9.17, 15) is 19.1 Å². The van der Waals surface area contributed by atoms with Crippen LogP contribution in [0, 0.1) is 5.82 Å². The van der Waals surface area contributed by atoms with Crippen LogP contribution in [0.5, 0.6) is 11.5 Å². The topological polar surface area (TPSA) is 102 Å². The lowest BCUT2D eigenvalue weighted by Crippen LogP contribution is -2.29. The summed E-state index contributed by atoms with van der Waals surface area (Å²) in [6.45, 7) is 4.82. The van der Waals surface area contributed by atoms with Crippen LogP contribution < -0.4 is 14.4 Å². The fourth-order valence-electron chi connectivity index (χ4n) is 4.84. The fourth-order valence-corrected chi connectivity index (χ4v) is 6.99. The Morgan fingerprint density at radius 3 is 2.53 bits per heavy atom. The van der Waals surface area contributed by atoms with Crippen molar-refractivity contribution >= 4 is 57.3 Å². The summed E-state index contributed by atoms with van der Waals surface area (Å²) in [7, 11) is 0. The molecule has 1 saturated heterocycles. The molecule has 1 N–H and O–H groups in total. The van der Waals surface area contributed by atoms with Gasteiger partial charge in [-0.3, -0.25) is 14.5 Å². The number of aliphatic hydroxyl groups excluding tert-OH is 1. The molecule has 0 spiro atoms. The summed E-state index contributed by atoms with van der Waals surface area (Å²) < 4.78 is 26.2. The molecule has 8 nitrogen and oxygen atoms in total. The highest BCUT2D eigenvalue weighted by Gasteiger charge is 2.48. The average molecular weight is 668 g/mol. The van der Waals surface area contributed by atoms with Crippen LogP contribution in [0.4, 0.5) is 9.52 Å².